The van der Waals surface area contributed by atoms with Gasteiger partial charge in [-0.1, -0.05) is 5.22 Å². The maximum Gasteiger partial charge on any atom is 0.466 e. The van der Waals surface area contributed by atoms with Crippen molar-refractivity contribution in [3.63, 3.8) is 0 Å². The molecule has 0 fully saturated rings. The van der Waals surface area contributed by atoms with Gasteiger partial charge < -0.3 is 36.6 Å². The number of hydrogen-bond acceptors (Lipinski definition) is 7. The van der Waals surface area contributed by atoms with Crippen LogP contribution in [0.3, 0.4) is 0 Å². The Balaban J connectivity index is 0.000000693. The quantitative estimate of drug-likeness (QED) is 0.0839. The van der Waals surface area contributed by atoms with Crippen molar-refractivity contribution < 1.29 is 33.9 Å². The number of aliphatic carboxylic acids is 1. The number of nitrogens with two attached hydrogens (primary N) is 2. The Morgan fingerprint density at radius 1 is 0.941 bits per heavy atom. The molecule has 0 aliphatic rings. The Morgan fingerprint density at radius 3 is 1.68 bits per heavy atom. The van der Waals surface area contributed by atoms with Crippen LogP contribution in [0.5, 0.6) is 0 Å². The molecule has 12 N–H and O–H groups in total. The molecule has 0 aliphatic heterocycles. The number of nitrogen functional groups attached to an aromatic ring is 2. The first-order chi connectivity index (χ1) is 15.7. The third kappa shape index (κ3) is 16.5. The molecular formula is C18H25N8O7P. The van der Waals surface area contributed by atoms with E-state index in [1.54, 1.807) is 48.5 Å². The van der Waals surface area contributed by atoms with Gasteiger partial charge in [0.1, 0.15) is 18.2 Å². The van der Waals surface area contributed by atoms with Gasteiger partial charge in [0.15, 0.2) is 0 Å². The number of nitrogens with one attached hydrogen (secondary N) is 4. The Bertz CT molecular complexity index is 1030. The van der Waals surface area contributed by atoms with Crippen LogP contribution in [-0.4, -0.2) is 49.9 Å². The molecule has 0 spiro atoms. The summed E-state index contributed by atoms with van der Waals surface area (Å²) in [7, 11) is -4.64. The minimum absolute atomic E-state index is 0.0159. The fraction of sp³-hybridized carbons (Fsp3) is 0.111. The second-order valence-electron chi connectivity index (χ2n) is 6.08. The van der Waals surface area contributed by atoms with Crippen molar-refractivity contribution in [1.29, 1.82) is 10.8 Å². The third-order valence-corrected chi connectivity index (χ3v) is 3.21. The lowest BCUT2D eigenvalue weighted by Gasteiger charge is -2.01. The van der Waals surface area contributed by atoms with E-state index in [9.17, 15) is 9.59 Å². The van der Waals surface area contributed by atoms with Crippen LogP contribution in [0.15, 0.2) is 58.9 Å². The van der Waals surface area contributed by atoms with Gasteiger partial charge in [-0.15, -0.1) is 5.11 Å². The van der Waals surface area contributed by atoms with Crippen LogP contribution in [0.25, 0.3) is 0 Å². The number of nitrogens with zero attached hydrogens (tertiary/aromatic N) is 2. The first-order valence-electron chi connectivity index (χ1n) is 8.99. The largest absolute Gasteiger partial charge is 0.480 e. The van der Waals surface area contributed by atoms with E-state index < -0.39 is 13.8 Å². The first kappa shape index (κ1) is 29.8. The average Bonchev–Trinajstić information content (AvgIpc) is 2.72. The minimum Gasteiger partial charge on any atom is -0.480 e. The second kappa shape index (κ2) is 14.8. The number of carboxylic acids is 1. The fourth-order valence-electron chi connectivity index (χ4n) is 1.77. The van der Waals surface area contributed by atoms with Crippen LogP contribution in [-0.2, 0) is 14.2 Å². The average molecular weight is 496 g/mol. The van der Waals surface area contributed by atoms with Gasteiger partial charge in [-0.3, -0.25) is 25.8 Å². The van der Waals surface area contributed by atoms with E-state index in [1.165, 1.54) is 6.92 Å². The molecule has 16 heteroatoms. The Kier molecular flexibility index (Phi) is 13.0. The highest BCUT2D eigenvalue weighted by atomic mass is 31.2. The van der Waals surface area contributed by atoms with Crippen molar-refractivity contribution in [3.05, 3.63) is 59.7 Å². The summed E-state index contributed by atoms with van der Waals surface area (Å²) in [5.41, 5.74) is 16.2. The molecule has 0 aromatic heterocycles. The molecule has 184 valence electrons. The van der Waals surface area contributed by atoms with Gasteiger partial charge >= 0.3 is 13.8 Å². The third-order valence-electron chi connectivity index (χ3n) is 3.21. The maximum absolute atomic E-state index is 9.97. The van der Waals surface area contributed by atoms with Crippen LogP contribution >= 0.6 is 7.82 Å². The molecule has 34 heavy (non-hydrogen) atoms. The molecule has 0 heterocycles. The van der Waals surface area contributed by atoms with Crippen LogP contribution in [0.2, 0.25) is 0 Å². The van der Waals surface area contributed by atoms with E-state index in [0.717, 1.165) is 5.69 Å². The number of phosphoric acid groups is 1. The molecule has 2 aromatic rings. The number of benzene rings is 2. The smallest absolute Gasteiger partial charge is 0.466 e. The molecule has 0 atom stereocenters. The number of hydrogen-bond donors (Lipinski definition) is 10. The molecule has 15 nitrogen and oxygen atoms in total. The zero-order valence-corrected chi connectivity index (χ0v) is 18.7. The normalized spacial score (nSPS) is 10.1. The molecule has 0 aliphatic carbocycles. The predicted octanol–water partition coefficient (Wildman–Crippen LogP) is 0.644. The number of amidine groups is 2. The summed E-state index contributed by atoms with van der Waals surface area (Å²) in [5, 5.41) is 32.5. The topological polar surface area (TPSA) is 281 Å². The van der Waals surface area contributed by atoms with Gasteiger partial charge in [0, 0.05) is 18.1 Å². The summed E-state index contributed by atoms with van der Waals surface area (Å²) in [6.45, 7) is 0.971. The van der Waals surface area contributed by atoms with Gasteiger partial charge in [0.25, 0.3) is 0 Å². The van der Waals surface area contributed by atoms with E-state index in [0.29, 0.717) is 16.8 Å². The van der Waals surface area contributed by atoms with Crippen LogP contribution in [0, 0.1) is 10.8 Å². The maximum atomic E-state index is 9.97. The summed E-state index contributed by atoms with van der Waals surface area (Å²) < 4.78 is 8.88. The van der Waals surface area contributed by atoms with E-state index in [4.69, 9.17) is 46.6 Å². The van der Waals surface area contributed by atoms with E-state index in [2.05, 4.69) is 21.1 Å². The second-order valence-corrected chi connectivity index (χ2v) is 7.11. The predicted molar refractivity (Wildman–Crippen MR) is 124 cm³/mol. The van der Waals surface area contributed by atoms with Crippen molar-refractivity contribution in [2.45, 2.75) is 6.92 Å². The monoisotopic (exact) mass is 496 g/mol. The molecule has 0 saturated carbocycles. The van der Waals surface area contributed by atoms with Crippen LogP contribution in [0.1, 0.15) is 18.1 Å². The number of carbonyl (C=O) groups excluding carboxylic acids is 1. The van der Waals surface area contributed by atoms with Crippen molar-refractivity contribution >= 4 is 42.7 Å². The van der Waals surface area contributed by atoms with Crippen molar-refractivity contribution in [2.75, 3.05) is 12.0 Å². The van der Waals surface area contributed by atoms with E-state index in [-0.39, 0.29) is 24.1 Å². The lowest BCUT2D eigenvalue weighted by Crippen LogP contribution is -2.26. The molecule has 0 saturated heterocycles. The molecule has 0 unspecified atom stereocenters. The van der Waals surface area contributed by atoms with Crippen molar-refractivity contribution in [3.8, 4) is 0 Å². The van der Waals surface area contributed by atoms with Gasteiger partial charge in [-0.2, -0.15) is 0 Å². The van der Waals surface area contributed by atoms with Crippen LogP contribution < -0.4 is 22.2 Å². The van der Waals surface area contributed by atoms with Crippen molar-refractivity contribution in [1.82, 2.24) is 5.32 Å². The number of rotatable bonds is 7. The fourth-order valence-corrected chi connectivity index (χ4v) is 1.77. The lowest BCUT2D eigenvalue weighted by molar-refractivity contribution is -0.137. The van der Waals surface area contributed by atoms with Gasteiger partial charge in [-0.05, 0) is 48.5 Å². The van der Waals surface area contributed by atoms with Gasteiger partial charge in [0.2, 0.25) is 5.91 Å². The Hall–Kier alpha value is -4.17. The van der Waals surface area contributed by atoms with Crippen molar-refractivity contribution in [2.24, 2.45) is 21.8 Å². The molecule has 0 radical (unpaired) electrons. The number of carbonyl (C=O) groups is 2. The highest BCUT2D eigenvalue weighted by Gasteiger charge is 2.00. The highest BCUT2D eigenvalue weighted by Crippen LogP contribution is 2.25. The van der Waals surface area contributed by atoms with Gasteiger partial charge in [-0.25, -0.2) is 4.57 Å². The highest BCUT2D eigenvalue weighted by molar-refractivity contribution is 7.45. The molecule has 0 bridgehead atoms. The summed E-state index contributed by atoms with van der Waals surface area (Å²) in [6, 6.07) is 13.8. The van der Waals surface area contributed by atoms with Crippen LogP contribution in [0.4, 0.5) is 11.4 Å². The minimum atomic E-state index is -4.64. The SMILES string of the molecule is CC(=O)NCC(=O)O.N=C(N)c1ccc(/N=N/Nc2ccc(C(=N)N)cc2)cc1.O=P(O)(O)O. The first-order valence-corrected chi connectivity index (χ1v) is 10.6. The summed E-state index contributed by atoms with van der Waals surface area (Å²) in [5.74, 6) is -1.32. The van der Waals surface area contributed by atoms with Gasteiger partial charge in [0.05, 0.1) is 11.4 Å². The zero-order chi connectivity index (χ0) is 26.3. The summed E-state index contributed by atoms with van der Waals surface area (Å²) in [4.78, 5) is 41.2. The number of amides is 1. The van der Waals surface area contributed by atoms with E-state index >= 15 is 0 Å². The molecule has 1 amide bonds. The number of anilines is 1. The number of carboxylic acid groups (broad SMARTS) is 1. The standard InChI is InChI=1S/C14H15N7.C4H7NO3.H3O4P/c15-13(16)9-1-5-11(6-2-9)19-21-20-12-7-3-10(4-8-12)14(17)18;1-3(6)5-2-4(7)8;1-5(2,3)4/h1-8H,(H3,15,16)(H3,17,18)(H,19,20);2H2,1H3,(H,5,6)(H,7,8);(H3,1,2,3,4). The zero-order valence-electron chi connectivity index (χ0n) is 17.8. The molecular weight excluding hydrogens is 471 g/mol. The lowest BCUT2D eigenvalue weighted by atomic mass is 10.2. The molecule has 2 aromatic carbocycles. The Labute approximate surface area is 193 Å². The molecule has 2 rings (SSSR count). The Morgan fingerprint density at radius 2 is 1.35 bits per heavy atom. The summed E-state index contributed by atoms with van der Waals surface area (Å²) >= 11 is 0. The van der Waals surface area contributed by atoms with E-state index in [1.807, 2.05) is 0 Å². The summed E-state index contributed by atoms with van der Waals surface area (Å²) in [6.07, 6.45) is 0.